The molecular formula is C17H24N6O10. The summed E-state index contributed by atoms with van der Waals surface area (Å²) in [5, 5.41) is 16.9. The molecule has 0 aromatic carbocycles. The summed E-state index contributed by atoms with van der Waals surface area (Å²) in [4.78, 5) is 40.1. The minimum absolute atomic E-state index is 0.0664. The Morgan fingerprint density at radius 3 is 2.27 bits per heavy atom. The molecule has 2 heterocycles. The van der Waals surface area contributed by atoms with Gasteiger partial charge in [-0.25, -0.2) is 0 Å². The number of hydrogen-bond acceptors (Lipinski definition) is 12. The highest BCUT2D eigenvalue weighted by Gasteiger charge is 2.54. The van der Waals surface area contributed by atoms with Gasteiger partial charge in [0, 0.05) is 43.4 Å². The van der Waals surface area contributed by atoms with Crippen LogP contribution in [0.15, 0.2) is 10.2 Å². The van der Waals surface area contributed by atoms with Gasteiger partial charge in [-0.15, -0.1) is 0 Å². The van der Waals surface area contributed by atoms with Crippen molar-refractivity contribution in [2.24, 2.45) is 10.2 Å². The van der Waals surface area contributed by atoms with Crippen LogP contribution in [0.25, 0.3) is 20.9 Å². The molecule has 0 saturated carbocycles. The molecule has 2 rings (SSSR count). The predicted molar refractivity (Wildman–Crippen MR) is 103 cm³/mol. The summed E-state index contributed by atoms with van der Waals surface area (Å²) in [5.74, 6) is -3.88. The molecule has 33 heavy (non-hydrogen) atoms. The quantitative estimate of drug-likeness (QED) is 0.164. The van der Waals surface area contributed by atoms with Gasteiger partial charge in [-0.2, -0.15) is 0 Å². The van der Waals surface area contributed by atoms with Crippen LogP contribution in [0.3, 0.4) is 0 Å². The van der Waals surface area contributed by atoms with Crippen molar-refractivity contribution in [2.45, 2.75) is 76.3 Å². The normalized spacial score (nSPS) is 33.2. The number of nitrogens with zero attached hydrogens (tertiary/aromatic N) is 6. The van der Waals surface area contributed by atoms with Crippen molar-refractivity contribution in [3.8, 4) is 0 Å². The SMILES string of the molecule is CC(=O)OCC1(O[C@H]2O[C@@H](CN=[N+]=[N-])[C@@H](OC(C)=O)[C@H](OC(C)=O)[C@H]2N=[N+]=[N-])CCC(O)O1. The summed E-state index contributed by atoms with van der Waals surface area (Å²) < 4.78 is 32.6. The lowest BCUT2D eigenvalue weighted by Gasteiger charge is -2.45. The predicted octanol–water partition coefficient (Wildman–Crippen LogP) is 0.969. The molecule has 0 aliphatic carbocycles. The van der Waals surface area contributed by atoms with E-state index in [2.05, 4.69) is 20.1 Å². The number of ether oxygens (including phenoxy) is 6. The van der Waals surface area contributed by atoms with Crippen LogP contribution in [-0.4, -0.2) is 78.9 Å². The minimum Gasteiger partial charge on any atom is -0.460 e. The molecule has 2 aliphatic rings. The summed E-state index contributed by atoms with van der Waals surface area (Å²) in [6.07, 6.45) is -6.43. The van der Waals surface area contributed by atoms with Crippen molar-refractivity contribution < 1.29 is 47.9 Å². The number of aliphatic hydroxyl groups excluding tert-OH is 1. The first kappa shape index (κ1) is 26.1. The number of esters is 3. The zero-order valence-electron chi connectivity index (χ0n) is 18.1. The van der Waals surface area contributed by atoms with Gasteiger partial charge in [-0.05, 0) is 11.1 Å². The van der Waals surface area contributed by atoms with Gasteiger partial charge in [-0.1, -0.05) is 10.2 Å². The fourth-order valence-corrected chi connectivity index (χ4v) is 3.45. The maximum atomic E-state index is 11.8. The Bertz CT molecular complexity index is 844. The Kier molecular flexibility index (Phi) is 9.22. The largest absolute Gasteiger partial charge is 0.460 e. The van der Waals surface area contributed by atoms with Crippen molar-refractivity contribution in [3.05, 3.63) is 20.9 Å². The molecule has 2 aliphatic heterocycles. The third-order valence-corrected chi connectivity index (χ3v) is 4.68. The number of carbonyl (C=O) groups is 3. The fourth-order valence-electron chi connectivity index (χ4n) is 3.45. The molecule has 2 unspecified atom stereocenters. The second-order valence-corrected chi connectivity index (χ2v) is 7.22. The van der Waals surface area contributed by atoms with Crippen molar-refractivity contribution >= 4 is 17.9 Å². The van der Waals surface area contributed by atoms with Gasteiger partial charge in [0.15, 0.2) is 24.8 Å². The van der Waals surface area contributed by atoms with Gasteiger partial charge in [0.25, 0.3) is 0 Å². The first-order valence-corrected chi connectivity index (χ1v) is 9.83. The lowest BCUT2D eigenvalue weighted by molar-refractivity contribution is -0.359. The summed E-state index contributed by atoms with van der Waals surface area (Å²) in [6, 6.07) is -1.40. The van der Waals surface area contributed by atoms with E-state index in [1.165, 1.54) is 0 Å². The number of aliphatic hydroxyl groups is 1. The molecule has 16 nitrogen and oxygen atoms in total. The molecule has 0 amide bonds. The molecule has 0 radical (unpaired) electrons. The topological polar surface area (TPSA) is 224 Å². The van der Waals surface area contributed by atoms with Crippen LogP contribution in [0.2, 0.25) is 0 Å². The van der Waals surface area contributed by atoms with E-state index in [-0.39, 0.29) is 19.4 Å². The summed E-state index contributed by atoms with van der Waals surface area (Å²) in [5.41, 5.74) is 17.8. The molecule has 182 valence electrons. The standard InChI is InChI=1S/C17H24N6O10/c1-8(24)28-7-17(5-4-12(27)32-17)33-16-13(21-23-19)15(30-10(3)26)14(29-9(2)25)11(31-16)6-20-22-18/h11-16,27H,4-7H2,1-3H3/t11-,12?,13+,14+,15+,16+,17?/m0/s1. The van der Waals surface area contributed by atoms with Gasteiger partial charge in [0.2, 0.25) is 5.79 Å². The van der Waals surface area contributed by atoms with Crippen LogP contribution in [0, 0.1) is 0 Å². The zero-order valence-corrected chi connectivity index (χ0v) is 18.1. The number of azide groups is 2. The van der Waals surface area contributed by atoms with Crippen molar-refractivity contribution in [2.75, 3.05) is 13.2 Å². The van der Waals surface area contributed by atoms with Gasteiger partial charge in [0.1, 0.15) is 18.8 Å². The van der Waals surface area contributed by atoms with Crippen molar-refractivity contribution in [1.82, 2.24) is 0 Å². The van der Waals surface area contributed by atoms with Crippen LogP contribution in [0.4, 0.5) is 0 Å². The van der Waals surface area contributed by atoms with Crippen LogP contribution < -0.4 is 0 Å². The second kappa shape index (κ2) is 11.7. The smallest absolute Gasteiger partial charge is 0.303 e. The van der Waals surface area contributed by atoms with E-state index in [1.54, 1.807) is 0 Å². The van der Waals surface area contributed by atoms with Gasteiger partial charge >= 0.3 is 17.9 Å². The summed E-state index contributed by atoms with van der Waals surface area (Å²) in [7, 11) is 0. The Hall–Kier alpha value is -3.13. The first-order chi connectivity index (χ1) is 15.6. The Morgan fingerprint density at radius 2 is 1.76 bits per heavy atom. The van der Waals surface area contributed by atoms with Crippen LogP contribution >= 0.6 is 0 Å². The molecule has 1 N–H and O–H groups in total. The van der Waals surface area contributed by atoms with Crippen LogP contribution in [0.1, 0.15) is 33.6 Å². The maximum Gasteiger partial charge on any atom is 0.303 e. The van der Waals surface area contributed by atoms with E-state index in [4.69, 9.17) is 39.5 Å². The molecule has 0 bridgehead atoms. The van der Waals surface area contributed by atoms with E-state index in [1.807, 2.05) is 0 Å². The summed E-state index contributed by atoms with van der Waals surface area (Å²) >= 11 is 0. The van der Waals surface area contributed by atoms with Crippen molar-refractivity contribution in [1.29, 1.82) is 0 Å². The molecule has 0 aromatic rings. The van der Waals surface area contributed by atoms with Crippen LogP contribution in [-0.2, 0) is 42.8 Å². The van der Waals surface area contributed by atoms with Crippen LogP contribution in [0.5, 0.6) is 0 Å². The third-order valence-electron chi connectivity index (χ3n) is 4.68. The van der Waals surface area contributed by atoms with E-state index >= 15 is 0 Å². The molecule has 2 fully saturated rings. The Morgan fingerprint density at radius 1 is 1.09 bits per heavy atom. The molecule has 0 aromatic heterocycles. The van der Waals surface area contributed by atoms with Crippen molar-refractivity contribution in [3.63, 3.8) is 0 Å². The minimum atomic E-state index is -1.68. The Balaban J connectivity index is 2.45. The molecule has 16 heteroatoms. The number of carbonyl (C=O) groups excluding carboxylic acids is 3. The fraction of sp³-hybridized carbons (Fsp3) is 0.824. The second-order valence-electron chi connectivity index (χ2n) is 7.22. The molecule has 7 atom stereocenters. The number of hydrogen-bond donors (Lipinski definition) is 1. The molecule has 2 saturated heterocycles. The monoisotopic (exact) mass is 472 g/mol. The van der Waals surface area contributed by atoms with E-state index in [0.29, 0.717) is 0 Å². The lowest BCUT2D eigenvalue weighted by atomic mass is 9.96. The Labute approximate surface area is 187 Å². The molecular weight excluding hydrogens is 448 g/mol. The van der Waals surface area contributed by atoms with Gasteiger partial charge < -0.3 is 33.5 Å². The van der Waals surface area contributed by atoms with E-state index in [0.717, 1.165) is 20.8 Å². The number of rotatable bonds is 9. The van der Waals surface area contributed by atoms with Gasteiger partial charge in [0.05, 0.1) is 6.54 Å². The highest BCUT2D eigenvalue weighted by Crippen LogP contribution is 2.37. The van der Waals surface area contributed by atoms with E-state index in [9.17, 15) is 19.5 Å². The average molecular weight is 472 g/mol. The maximum absolute atomic E-state index is 11.8. The average Bonchev–Trinajstić information content (AvgIpc) is 3.09. The summed E-state index contributed by atoms with van der Waals surface area (Å²) in [6.45, 7) is 2.55. The third kappa shape index (κ3) is 7.18. The first-order valence-electron chi connectivity index (χ1n) is 9.83. The lowest BCUT2D eigenvalue weighted by Crippen LogP contribution is -2.62. The van der Waals surface area contributed by atoms with Gasteiger partial charge in [-0.3, -0.25) is 14.4 Å². The zero-order chi connectivity index (χ0) is 24.6. The highest BCUT2D eigenvalue weighted by atomic mass is 16.8. The van der Waals surface area contributed by atoms with E-state index < -0.39 is 67.2 Å². The highest BCUT2D eigenvalue weighted by molar-refractivity contribution is 5.67. The molecule has 0 spiro atoms.